The van der Waals surface area contributed by atoms with E-state index in [1.165, 1.54) is 116 Å². The summed E-state index contributed by atoms with van der Waals surface area (Å²) in [5.41, 5.74) is 0. The van der Waals surface area contributed by atoms with Gasteiger partial charge in [-0.3, -0.25) is 14.6 Å². The lowest BCUT2D eigenvalue weighted by atomic mass is 10.1. The van der Waals surface area contributed by atoms with Crippen molar-refractivity contribution in [1.29, 1.82) is 0 Å². The van der Waals surface area contributed by atoms with E-state index >= 15 is 0 Å². The van der Waals surface area contributed by atoms with Gasteiger partial charge in [-0.1, -0.05) is 71.1 Å². The quantitative estimate of drug-likeness (QED) is 0.253. The van der Waals surface area contributed by atoms with Crippen LogP contribution in [0.1, 0.15) is 110 Å². The molecule has 0 atom stereocenters. The number of nitrogens with zero attached hydrogens (tertiary/aromatic N) is 2. The van der Waals surface area contributed by atoms with Crippen LogP contribution in [0.25, 0.3) is 0 Å². The fourth-order valence-electron chi connectivity index (χ4n) is 4.82. The van der Waals surface area contributed by atoms with Crippen LogP contribution in [0.3, 0.4) is 0 Å². The Kier molecular flexibility index (Phi) is 13.7. The number of unbranched alkanes of at least 4 members (excludes halogenated alkanes) is 8. The fraction of sp³-hybridized carbons (Fsp3) is 0.960. The zero-order chi connectivity index (χ0) is 20.6. The van der Waals surface area contributed by atoms with Crippen LogP contribution >= 0.6 is 0 Å². The van der Waals surface area contributed by atoms with Gasteiger partial charge in [-0.15, -0.1) is 0 Å². The number of esters is 1. The van der Waals surface area contributed by atoms with Gasteiger partial charge in [-0.05, 0) is 58.3 Å². The molecule has 0 radical (unpaired) electrons. The van der Waals surface area contributed by atoms with Gasteiger partial charge in [0, 0.05) is 19.5 Å². The highest BCUT2D eigenvalue weighted by Crippen LogP contribution is 2.15. The van der Waals surface area contributed by atoms with Gasteiger partial charge in [0.25, 0.3) is 0 Å². The van der Waals surface area contributed by atoms with Gasteiger partial charge in [-0.2, -0.15) is 0 Å². The molecule has 29 heavy (non-hydrogen) atoms. The molecule has 0 aromatic rings. The first-order valence-electron chi connectivity index (χ1n) is 12.9. The van der Waals surface area contributed by atoms with Crippen molar-refractivity contribution in [3.63, 3.8) is 0 Å². The highest BCUT2D eigenvalue weighted by molar-refractivity contribution is 5.69. The average molecular weight is 409 g/mol. The topological polar surface area (TPSA) is 32.8 Å². The fourth-order valence-corrected chi connectivity index (χ4v) is 4.82. The van der Waals surface area contributed by atoms with Crippen LogP contribution in [0.15, 0.2) is 0 Å². The van der Waals surface area contributed by atoms with Crippen molar-refractivity contribution in [3.05, 3.63) is 0 Å². The molecule has 0 unspecified atom stereocenters. The molecule has 0 bridgehead atoms. The molecule has 2 saturated heterocycles. The normalized spacial score (nSPS) is 19.0. The minimum Gasteiger partial charge on any atom is -0.460 e. The molecule has 0 aromatic carbocycles. The van der Waals surface area contributed by atoms with Gasteiger partial charge in [0.05, 0.1) is 0 Å². The third-order valence-electron chi connectivity index (χ3n) is 6.60. The predicted octanol–water partition coefficient (Wildman–Crippen LogP) is 5.79. The Morgan fingerprint density at radius 3 is 1.62 bits per heavy atom. The molecule has 0 amide bonds. The predicted molar refractivity (Wildman–Crippen MR) is 122 cm³/mol. The zero-order valence-corrected chi connectivity index (χ0v) is 19.3. The van der Waals surface area contributed by atoms with Gasteiger partial charge < -0.3 is 4.74 Å². The van der Waals surface area contributed by atoms with E-state index in [-0.39, 0.29) is 12.1 Å². The molecule has 0 saturated carbocycles. The molecular formula is C25H48N2O2. The van der Waals surface area contributed by atoms with Crippen molar-refractivity contribution in [2.45, 2.75) is 116 Å². The Balaban J connectivity index is 1.61. The van der Waals surface area contributed by atoms with E-state index in [0.29, 0.717) is 6.42 Å². The molecule has 2 fully saturated rings. The van der Waals surface area contributed by atoms with Crippen molar-refractivity contribution in [2.75, 3.05) is 39.3 Å². The molecule has 0 aliphatic carbocycles. The molecule has 170 valence electrons. The monoisotopic (exact) mass is 408 g/mol. The number of piperidine rings is 2. The summed E-state index contributed by atoms with van der Waals surface area (Å²) in [5, 5.41) is 0. The first-order valence-corrected chi connectivity index (χ1v) is 12.9. The van der Waals surface area contributed by atoms with Crippen molar-refractivity contribution in [2.24, 2.45) is 0 Å². The van der Waals surface area contributed by atoms with E-state index in [9.17, 15) is 4.79 Å². The molecule has 0 aromatic heterocycles. The highest BCUT2D eigenvalue weighted by atomic mass is 16.5. The molecule has 4 nitrogen and oxygen atoms in total. The maximum absolute atomic E-state index is 12.5. The van der Waals surface area contributed by atoms with Crippen molar-refractivity contribution in [1.82, 2.24) is 9.80 Å². The maximum atomic E-state index is 12.5. The second-order valence-electron chi connectivity index (χ2n) is 9.41. The summed E-state index contributed by atoms with van der Waals surface area (Å²) in [5.74, 6) is 0.0342. The second kappa shape index (κ2) is 16.1. The lowest BCUT2D eigenvalue weighted by Gasteiger charge is -2.34. The number of hydrogen-bond acceptors (Lipinski definition) is 4. The molecule has 0 N–H and O–H groups in total. The van der Waals surface area contributed by atoms with Crippen LogP contribution in [0.5, 0.6) is 0 Å². The summed E-state index contributed by atoms with van der Waals surface area (Å²) >= 11 is 0. The number of likely N-dealkylation sites (tertiary alicyclic amines) is 2. The van der Waals surface area contributed by atoms with E-state index < -0.39 is 0 Å². The lowest BCUT2D eigenvalue weighted by molar-refractivity contribution is -0.151. The summed E-state index contributed by atoms with van der Waals surface area (Å²) in [7, 11) is 0. The number of carbonyl (C=O) groups is 1. The zero-order valence-electron chi connectivity index (χ0n) is 19.3. The van der Waals surface area contributed by atoms with E-state index in [0.717, 1.165) is 19.5 Å². The van der Waals surface area contributed by atoms with Crippen LogP contribution in [0, 0.1) is 0 Å². The Hall–Kier alpha value is -0.610. The summed E-state index contributed by atoms with van der Waals surface area (Å²) in [6.07, 6.45) is 20.1. The Labute approximate surface area is 180 Å². The second-order valence-corrected chi connectivity index (χ2v) is 9.41. The summed E-state index contributed by atoms with van der Waals surface area (Å²) in [6, 6.07) is 0. The van der Waals surface area contributed by atoms with Gasteiger partial charge >= 0.3 is 5.97 Å². The van der Waals surface area contributed by atoms with Gasteiger partial charge in [0.15, 0.2) is 0 Å². The molecular weight excluding hydrogens is 360 g/mol. The third kappa shape index (κ3) is 12.0. The molecule has 2 aliphatic rings. The van der Waals surface area contributed by atoms with Crippen LogP contribution in [0.2, 0.25) is 0 Å². The largest absolute Gasteiger partial charge is 0.460 e. The van der Waals surface area contributed by atoms with Crippen molar-refractivity contribution >= 4 is 5.97 Å². The SMILES string of the molecule is CCCCCCCCCCCC(=O)OC(CN1CCCCC1)CN1CCCCC1. The smallest absolute Gasteiger partial charge is 0.306 e. The molecule has 0 spiro atoms. The highest BCUT2D eigenvalue weighted by Gasteiger charge is 2.23. The number of carbonyl (C=O) groups excluding carboxylic acids is 1. The minimum atomic E-state index is 0.0342. The number of ether oxygens (including phenoxy) is 1. The Morgan fingerprint density at radius 1 is 0.690 bits per heavy atom. The minimum absolute atomic E-state index is 0.0342. The first-order chi connectivity index (χ1) is 14.3. The summed E-state index contributed by atoms with van der Waals surface area (Å²) in [4.78, 5) is 17.5. The maximum Gasteiger partial charge on any atom is 0.306 e. The Bertz CT molecular complexity index is 384. The van der Waals surface area contributed by atoms with Crippen LogP contribution in [-0.2, 0) is 9.53 Å². The van der Waals surface area contributed by atoms with Crippen LogP contribution in [0.4, 0.5) is 0 Å². The molecule has 2 rings (SSSR count). The van der Waals surface area contributed by atoms with E-state index in [1.807, 2.05) is 0 Å². The lowest BCUT2D eigenvalue weighted by Crippen LogP contribution is -2.45. The van der Waals surface area contributed by atoms with Gasteiger partial charge in [0.1, 0.15) is 6.10 Å². The number of hydrogen-bond donors (Lipinski definition) is 0. The van der Waals surface area contributed by atoms with Crippen molar-refractivity contribution < 1.29 is 9.53 Å². The molecule has 2 aliphatic heterocycles. The number of rotatable bonds is 15. The van der Waals surface area contributed by atoms with Gasteiger partial charge in [0.2, 0.25) is 0 Å². The van der Waals surface area contributed by atoms with Crippen molar-refractivity contribution in [3.8, 4) is 0 Å². The Morgan fingerprint density at radius 2 is 1.14 bits per heavy atom. The summed E-state index contributed by atoms with van der Waals surface area (Å²) < 4.78 is 6.01. The summed E-state index contributed by atoms with van der Waals surface area (Å²) in [6.45, 7) is 8.82. The van der Waals surface area contributed by atoms with E-state index in [1.54, 1.807) is 0 Å². The third-order valence-corrected chi connectivity index (χ3v) is 6.60. The van der Waals surface area contributed by atoms with Crippen LogP contribution < -0.4 is 0 Å². The molecule has 2 heterocycles. The van der Waals surface area contributed by atoms with Crippen LogP contribution in [-0.4, -0.2) is 61.1 Å². The standard InChI is InChI=1S/C25H48N2O2/c1-2-3-4-5-6-7-8-9-12-17-25(28)29-24(22-26-18-13-10-14-19-26)23-27-20-15-11-16-21-27/h24H,2-23H2,1H3. The van der Waals surface area contributed by atoms with E-state index in [2.05, 4.69) is 16.7 Å². The first kappa shape index (κ1) is 24.7. The molecule has 4 heteroatoms. The van der Waals surface area contributed by atoms with E-state index in [4.69, 9.17) is 4.74 Å². The average Bonchev–Trinajstić information content (AvgIpc) is 2.74. The van der Waals surface area contributed by atoms with Gasteiger partial charge in [-0.25, -0.2) is 0 Å².